The summed E-state index contributed by atoms with van der Waals surface area (Å²) in [6, 6.07) is 0. The molecule has 0 aliphatic carbocycles. The molecular formula is C12H19N3O2. The van der Waals surface area contributed by atoms with Crippen molar-refractivity contribution in [2.24, 2.45) is 0 Å². The lowest BCUT2D eigenvalue weighted by atomic mass is 9.98. The van der Waals surface area contributed by atoms with E-state index in [1.54, 1.807) is 12.4 Å². The van der Waals surface area contributed by atoms with Crippen LogP contribution in [0.4, 0.5) is 5.95 Å². The van der Waals surface area contributed by atoms with E-state index in [9.17, 15) is 5.11 Å². The van der Waals surface area contributed by atoms with Gasteiger partial charge in [0.1, 0.15) is 0 Å². The first kappa shape index (κ1) is 12.3. The molecule has 1 unspecified atom stereocenters. The SMILES string of the molecule is CC1(O)CCCN(c2ncc(CO)cn2)CC1. The summed E-state index contributed by atoms with van der Waals surface area (Å²) in [7, 11) is 0. The number of aromatic nitrogens is 2. The molecule has 1 aliphatic heterocycles. The third-order valence-electron chi connectivity index (χ3n) is 3.22. The van der Waals surface area contributed by atoms with Crippen molar-refractivity contribution >= 4 is 5.95 Å². The topological polar surface area (TPSA) is 69.5 Å². The average Bonchev–Trinajstić information content (AvgIpc) is 2.50. The smallest absolute Gasteiger partial charge is 0.225 e. The Hall–Kier alpha value is -1.20. The van der Waals surface area contributed by atoms with Crippen molar-refractivity contribution in [1.82, 2.24) is 9.97 Å². The van der Waals surface area contributed by atoms with Gasteiger partial charge in [-0.25, -0.2) is 9.97 Å². The number of aliphatic hydroxyl groups excluding tert-OH is 1. The number of hydrogen-bond donors (Lipinski definition) is 2. The van der Waals surface area contributed by atoms with Crippen LogP contribution in [0.1, 0.15) is 31.7 Å². The van der Waals surface area contributed by atoms with Crippen molar-refractivity contribution in [2.45, 2.75) is 38.4 Å². The molecule has 2 rings (SSSR count). The normalized spacial score (nSPS) is 25.7. The van der Waals surface area contributed by atoms with Crippen LogP contribution in [-0.4, -0.2) is 38.9 Å². The number of aliphatic hydroxyl groups is 2. The van der Waals surface area contributed by atoms with Crippen LogP contribution in [0.3, 0.4) is 0 Å². The van der Waals surface area contributed by atoms with E-state index in [-0.39, 0.29) is 6.61 Å². The third kappa shape index (κ3) is 3.14. The summed E-state index contributed by atoms with van der Waals surface area (Å²) in [6.45, 7) is 3.49. The zero-order valence-electron chi connectivity index (χ0n) is 10.1. The van der Waals surface area contributed by atoms with Crippen LogP contribution in [0, 0.1) is 0 Å². The van der Waals surface area contributed by atoms with Gasteiger partial charge in [0.05, 0.1) is 12.2 Å². The molecule has 94 valence electrons. The van der Waals surface area contributed by atoms with Crippen molar-refractivity contribution in [1.29, 1.82) is 0 Å². The Labute approximate surface area is 101 Å². The first-order valence-electron chi connectivity index (χ1n) is 6.00. The van der Waals surface area contributed by atoms with Crippen molar-refractivity contribution in [3.8, 4) is 0 Å². The summed E-state index contributed by atoms with van der Waals surface area (Å²) in [5.74, 6) is 0.680. The summed E-state index contributed by atoms with van der Waals surface area (Å²) >= 11 is 0. The highest BCUT2D eigenvalue weighted by molar-refractivity contribution is 5.30. The van der Waals surface area contributed by atoms with E-state index < -0.39 is 5.60 Å². The molecule has 1 atom stereocenters. The number of rotatable bonds is 2. The van der Waals surface area contributed by atoms with E-state index in [0.717, 1.165) is 37.9 Å². The highest BCUT2D eigenvalue weighted by Gasteiger charge is 2.25. The first-order chi connectivity index (χ1) is 8.11. The van der Waals surface area contributed by atoms with Crippen LogP contribution < -0.4 is 4.90 Å². The molecule has 2 heterocycles. The van der Waals surface area contributed by atoms with E-state index in [1.807, 2.05) is 6.92 Å². The molecular weight excluding hydrogens is 218 g/mol. The van der Waals surface area contributed by atoms with Crippen LogP contribution in [0.15, 0.2) is 12.4 Å². The molecule has 1 aliphatic rings. The first-order valence-corrected chi connectivity index (χ1v) is 6.00. The Bertz CT molecular complexity index is 365. The molecule has 5 nitrogen and oxygen atoms in total. The van der Waals surface area contributed by atoms with Gasteiger partial charge in [-0.05, 0) is 26.2 Å². The molecule has 0 aromatic carbocycles. The average molecular weight is 237 g/mol. The van der Waals surface area contributed by atoms with E-state index in [2.05, 4.69) is 14.9 Å². The second-order valence-electron chi connectivity index (χ2n) is 4.89. The molecule has 2 N–H and O–H groups in total. The van der Waals surface area contributed by atoms with Crippen LogP contribution >= 0.6 is 0 Å². The minimum absolute atomic E-state index is 0.0327. The maximum Gasteiger partial charge on any atom is 0.225 e. The quantitative estimate of drug-likeness (QED) is 0.793. The molecule has 1 saturated heterocycles. The van der Waals surface area contributed by atoms with Crippen LogP contribution in [-0.2, 0) is 6.61 Å². The maximum absolute atomic E-state index is 10.0. The van der Waals surface area contributed by atoms with Gasteiger partial charge in [-0.15, -0.1) is 0 Å². The highest BCUT2D eigenvalue weighted by Crippen LogP contribution is 2.23. The number of nitrogens with zero attached hydrogens (tertiary/aromatic N) is 3. The molecule has 0 radical (unpaired) electrons. The minimum Gasteiger partial charge on any atom is -0.392 e. The van der Waals surface area contributed by atoms with Gasteiger partial charge in [0.15, 0.2) is 0 Å². The Morgan fingerprint density at radius 2 is 2.00 bits per heavy atom. The lowest BCUT2D eigenvalue weighted by Gasteiger charge is -2.22. The number of hydrogen-bond acceptors (Lipinski definition) is 5. The largest absolute Gasteiger partial charge is 0.392 e. The minimum atomic E-state index is -0.570. The molecule has 0 amide bonds. The zero-order chi connectivity index (χ0) is 12.3. The Morgan fingerprint density at radius 1 is 1.29 bits per heavy atom. The molecule has 0 bridgehead atoms. The predicted octanol–water partition coefficient (Wildman–Crippen LogP) is 0.710. The van der Waals surface area contributed by atoms with Crippen molar-refractivity contribution in [2.75, 3.05) is 18.0 Å². The van der Waals surface area contributed by atoms with Gasteiger partial charge in [-0.1, -0.05) is 0 Å². The van der Waals surface area contributed by atoms with E-state index in [0.29, 0.717) is 5.95 Å². The predicted molar refractivity (Wildman–Crippen MR) is 64.6 cm³/mol. The van der Waals surface area contributed by atoms with Gasteiger partial charge in [-0.2, -0.15) is 0 Å². The molecule has 1 aromatic rings. The molecule has 1 aromatic heterocycles. The van der Waals surface area contributed by atoms with Crippen molar-refractivity contribution in [3.05, 3.63) is 18.0 Å². The zero-order valence-corrected chi connectivity index (χ0v) is 10.1. The molecule has 0 spiro atoms. The van der Waals surface area contributed by atoms with Gasteiger partial charge in [0, 0.05) is 31.0 Å². The standard InChI is InChI=1S/C12H19N3O2/c1-12(17)3-2-5-15(6-4-12)11-13-7-10(9-16)8-14-11/h7-8,16-17H,2-6,9H2,1H3. The van der Waals surface area contributed by atoms with Crippen molar-refractivity contribution < 1.29 is 10.2 Å². The van der Waals surface area contributed by atoms with Crippen LogP contribution in [0.5, 0.6) is 0 Å². The molecule has 0 saturated carbocycles. The Morgan fingerprint density at radius 3 is 2.65 bits per heavy atom. The Kier molecular flexibility index (Phi) is 3.59. The van der Waals surface area contributed by atoms with Gasteiger partial charge in [-0.3, -0.25) is 0 Å². The maximum atomic E-state index is 10.0. The summed E-state index contributed by atoms with van der Waals surface area (Å²) in [4.78, 5) is 10.6. The second kappa shape index (κ2) is 4.98. The summed E-state index contributed by atoms with van der Waals surface area (Å²) < 4.78 is 0. The fraction of sp³-hybridized carbons (Fsp3) is 0.667. The van der Waals surface area contributed by atoms with Gasteiger partial charge in [0.2, 0.25) is 5.95 Å². The van der Waals surface area contributed by atoms with Gasteiger partial charge in [0.25, 0.3) is 0 Å². The highest BCUT2D eigenvalue weighted by atomic mass is 16.3. The van der Waals surface area contributed by atoms with Crippen LogP contribution in [0.25, 0.3) is 0 Å². The lowest BCUT2D eigenvalue weighted by Crippen LogP contribution is -2.29. The van der Waals surface area contributed by atoms with Gasteiger partial charge < -0.3 is 15.1 Å². The molecule has 1 fully saturated rings. The van der Waals surface area contributed by atoms with Gasteiger partial charge >= 0.3 is 0 Å². The second-order valence-corrected chi connectivity index (χ2v) is 4.89. The van der Waals surface area contributed by atoms with Crippen LogP contribution in [0.2, 0.25) is 0 Å². The van der Waals surface area contributed by atoms with E-state index >= 15 is 0 Å². The molecule has 5 heteroatoms. The summed E-state index contributed by atoms with van der Waals surface area (Å²) in [6.07, 6.45) is 5.78. The fourth-order valence-corrected chi connectivity index (χ4v) is 2.06. The lowest BCUT2D eigenvalue weighted by molar-refractivity contribution is 0.0481. The fourth-order valence-electron chi connectivity index (χ4n) is 2.06. The number of anilines is 1. The Balaban J connectivity index is 2.06. The molecule has 17 heavy (non-hydrogen) atoms. The summed E-state index contributed by atoms with van der Waals surface area (Å²) in [5, 5.41) is 18.9. The third-order valence-corrected chi connectivity index (χ3v) is 3.22. The van der Waals surface area contributed by atoms with Crippen molar-refractivity contribution in [3.63, 3.8) is 0 Å². The summed E-state index contributed by atoms with van der Waals surface area (Å²) in [5.41, 5.74) is 0.148. The monoisotopic (exact) mass is 237 g/mol. The van der Waals surface area contributed by atoms with E-state index in [1.165, 1.54) is 0 Å². The van der Waals surface area contributed by atoms with E-state index in [4.69, 9.17) is 5.11 Å².